The van der Waals surface area contributed by atoms with Gasteiger partial charge in [-0.15, -0.1) is 0 Å². The lowest BCUT2D eigenvalue weighted by molar-refractivity contribution is 0.322. The van der Waals surface area contributed by atoms with Crippen molar-refractivity contribution in [1.82, 2.24) is 24.9 Å². The summed E-state index contributed by atoms with van der Waals surface area (Å²) in [6.07, 6.45) is 0.746. The minimum Gasteiger partial charge on any atom is -0.493 e. The number of hydrogen-bond acceptors (Lipinski definition) is 4. The maximum Gasteiger partial charge on any atom is 0.127 e. The number of hydrogen-bond donors (Lipinski definition) is 1. The Labute approximate surface area is 181 Å². The Hall–Kier alpha value is -3.19. The summed E-state index contributed by atoms with van der Waals surface area (Å²) in [4.78, 5) is 0. The molecule has 0 saturated carbocycles. The molecule has 6 nitrogen and oxygen atoms in total. The van der Waals surface area contributed by atoms with Crippen LogP contribution in [0.2, 0.25) is 0 Å². The SMILES string of the molecule is CNCc1nn(C)c2ccc(-c3cc(F)ccc3OCCc3c(C)nn(C)c3C)cc12. The van der Waals surface area contributed by atoms with E-state index in [-0.39, 0.29) is 5.82 Å². The van der Waals surface area contributed by atoms with Gasteiger partial charge in [-0.1, -0.05) is 6.07 Å². The van der Waals surface area contributed by atoms with Gasteiger partial charge in [-0.05, 0) is 62.4 Å². The van der Waals surface area contributed by atoms with Crippen molar-refractivity contribution in [1.29, 1.82) is 0 Å². The van der Waals surface area contributed by atoms with Gasteiger partial charge in [0, 0.05) is 43.7 Å². The molecule has 0 amide bonds. The Bertz CT molecular complexity index is 1240. The molecule has 162 valence electrons. The number of ether oxygens (including phenoxy) is 1. The molecule has 0 fully saturated rings. The lowest BCUT2D eigenvalue weighted by atomic mass is 10.0. The van der Waals surface area contributed by atoms with Crippen molar-refractivity contribution in [3.63, 3.8) is 0 Å². The molecule has 4 aromatic rings. The topological polar surface area (TPSA) is 56.9 Å². The largest absolute Gasteiger partial charge is 0.493 e. The summed E-state index contributed by atoms with van der Waals surface area (Å²) < 4.78 is 24.0. The van der Waals surface area contributed by atoms with Crippen LogP contribution in [-0.2, 0) is 27.1 Å². The quantitative estimate of drug-likeness (QED) is 0.489. The molecule has 0 aliphatic rings. The molecular weight excluding hydrogens is 393 g/mol. The highest BCUT2D eigenvalue weighted by molar-refractivity contribution is 5.88. The van der Waals surface area contributed by atoms with Crippen molar-refractivity contribution in [2.45, 2.75) is 26.8 Å². The van der Waals surface area contributed by atoms with Crippen molar-refractivity contribution in [2.24, 2.45) is 14.1 Å². The summed E-state index contributed by atoms with van der Waals surface area (Å²) in [5, 5.41) is 13.3. The third-order valence-corrected chi connectivity index (χ3v) is 5.79. The highest BCUT2D eigenvalue weighted by Crippen LogP contribution is 2.34. The third kappa shape index (κ3) is 4.05. The minimum atomic E-state index is -0.289. The van der Waals surface area contributed by atoms with Gasteiger partial charge in [0.2, 0.25) is 0 Å². The van der Waals surface area contributed by atoms with Crippen LogP contribution in [0.3, 0.4) is 0 Å². The number of halogens is 1. The van der Waals surface area contributed by atoms with Crippen LogP contribution in [0.1, 0.15) is 22.6 Å². The maximum atomic E-state index is 14.2. The molecule has 1 N–H and O–H groups in total. The highest BCUT2D eigenvalue weighted by atomic mass is 19.1. The first-order valence-electron chi connectivity index (χ1n) is 10.4. The molecule has 0 unspecified atom stereocenters. The second-order valence-corrected chi connectivity index (χ2v) is 7.84. The van der Waals surface area contributed by atoms with Crippen LogP contribution in [-0.4, -0.2) is 33.2 Å². The van der Waals surface area contributed by atoms with Crippen LogP contribution in [0.25, 0.3) is 22.0 Å². The summed E-state index contributed by atoms with van der Waals surface area (Å²) >= 11 is 0. The smallest absolute Gasteiger partial charge is 0.127 e. The molecule has 2 aromatic heterocycles. The van der Waals surface area contributed by atoms with Crippen molar-refractivity contribution in [3.05, 3.63) is 64.9 Å². The van der Waals surface area contributed by atoms with Crippen LogP contribution < -0.4 is 10.1 Å². The average molecular weight is 422 g/mol. The van der Waals surface area contributed by atoms with Crippen molar-refractivity contribution < 1.29 is 9.13 Å². The van der Waals surface area contributed by atoms with Gasteiger partial charge < -0.3 is 10.1 Å². The van der Waals surface area contributed by atoms with Crippen LogP contribution >= 0.6 is 0 Å². The van der Waals surface area contributed by atoms with E-state index in [1.54, 1.807) is 6.07 Å². The summed E-state index contributed by atoms with van der Waals surface area (Å²) in [7, 11) is 5.77. The van der Waals surface area contributed by atoms with Crippen molar-refractivity contribution >= 4 is 10.9 Å². The first-order valence-corrected chi connectivity index (χ1v) is 10.4. The van der Waals surface area contributed by atoms with Crippen LogP contribution in [0.5, 0.6) is 5.75 Å². The average Bonchev–Trinajstić information content (AvgIpc) is 3.18. The Kier molecular flexibility index (Phi) is 5.78. The van der Waals surface area contributed by atoms with Gasteiger partial charge >= 0.3 is 0 Å². The minimum absolute atomic E-state index is 0.289. The molecule has 7 heteroatoms. The van der Waals surface area contributed by atoms with E-state index in [1.807, 2.05) is 49.6 Å². The summed E-state index contributed by atoms with van der Waals surface area (Å²) in [5.74, 6) is 0.377. The second-order valence-electron chi connectivity index (χ2n) is 7.84. The zero-order chi connectivity index (χ0) is 22.1. The highest BCUT2D eigenvalue weighted by Gasteiger charge is 2.14. The molecule has 0 spiro atoms. The van der Waals surface area contributed by atoms with Crippen LogP contribution in [0.4, 0.5) is 4.39 Å². The standard InChI is InChI=1S/C24H28FN5O/c1-15-19(16(2)29(4)27-15)10-11-31-24-9-7-18(25)13-20(24)17-6-8-23-21(12-17)22(14-26-3)28-30(23)5/h6-9,12-13,26H,10-11,14H2,1-5H3. The third-order valence-electron chi connectivity index (χ3n) is 5.79. The zero-order valence-corrected chi connectivity index (χ0v) is 18.7. The monoisotopic (exact) mass is 421 g/mol. The van der Waals surface area contributed by atoms with Gasteiger partial charge in [-0.3, -0.25) is 9.36 Å². The Morgan fingerprint density at radius 3 is 2.55 bits per heavy atom. The number of benzene rings is 2. The molecule has 31 heavy (non-hydrogen) atoms. The molecule has 0 atom stereocenters. The lowest BCUT2D eigenvalue weighted by Crippen LogP contribution is -2.06. The molecule has 2 aromatic carbocycles. The lowest BCUT2D eigenvalue weighted by Gasteiger charge is -2.13. The first-order chi connectivity index (χ1) is 14.9. The molecule has 4 rings (SSSR count). The number of nitrogens with one attached hydrogen (secondary N) is 1. The molecule has 2 heterocycles. The van der Waals surface area contributed by atoms with E-state index < -0.39 is 0 Å². The van der Waals surface area contributed by atoms with Crippen LogP contribution in [0, 0.1) is 19.7 Å². The fourth-order valence-electron chi connectivity index (χ4n) is 4.10. The van der Waals surface area contributed by atoms with Crippen molar-refractivity contribution in [3.8, 4) is 16.9 Å². The van der Waals surface area contributed by atoms with E-state index in [0.717, 1.165) is 45.5 Å². The van der Waals surface area contributed by atoms with Gasteiger partial charge in [0.15, 0.2) is 0 Å². The predicted octanol–water partition coefficient (Wildman–Crippen LogP) is 4.07. The number of fused-ring (bicyclic) bond motifs is 1. The van der Waals surface area contributed by atoms with Crippen LogP contribution in [0.15, 0.2) is 36.4 Å². The normalized spacial score (nSPS) is 11.4. The molecule has 0 aliphatic heterocycles. The van der Waals surface area contributed by atoms with E-state index in [9.17, 15) is 4.39 Å². The number of nitrogens with zero attached hydrogens (tertiary/aromatic N) is 4. The fourth-order valence-corrected chi connectivity index (χ4v) is 4.10. The second kappa shape index (κ2) is 8.51. The summed E-state index contributed by atoms with van der Waals surface area (Å²) in [6, 6.07) is 10.7. The predicted molar refractivity (Wildman–Crippen MR) is 121 cm³/mol. The molecule has 0 radical (unpaired) electrons. The summed E-state index contributed by atoms with van der Waals surface area (Å²) in [6.45, 7) is 5.23. The van der Waals surface area contributed by atoms with E-state index >= 15 is 0 Å². The summed E-state index contributed by atoms with van der Waals surface area (Å²) in [5.41, 5.74) is 6.99. The van der Waals surface area contributed by atoms with Gasteiger partial charge in [-0.25, -0.2) is 4.39 Å². The Balaban J connectivity index is 1.64. The zero-order valence-electron chi connectivity index (χ0n) is 18.7. The van der Waals surface area contributed by atoms with E-state index in [0.29, 0.717) is 18.9 Å². The van der Waals surface area contributed by atoms with Gasteiger partial charge in [0.1, 0.15) is 11.6 Å². The van der Waals surface area contributed by atoms with E-state index in [1.165, 1.54) is 17.7 Å². The number of rotatable bonds is 7. The van der Waals surface area contributed by atoms with Crippen molar-refractivity contribution in [2.75, 3.05) is 13.7 Å². The molecule has 0 saturated heterocycles. The Morgan fingerprint density at radius 1 is 1.03 bits per heavy atom. The number of aryl methyl sites for hydroxylation is 3. The molecule has 0 bridgehead atoms. The molecular formula is C24H28FN5O. The van der Waals surface area contributed by atoms with Gasteiger partial charge in [-0.2, -0.15) is 10.2 Å². The Morgan fingerprint density at radius 2 is 1.84 bits per heavy atom. The first kappa shape index (κ1) is 21.1. The van der Waals surface area contributed by atoms with Gasteiger partial charge in [0.25, 0.3) is 0 Å². The van der Waals surface area contributed by atoms with E-state index in [4.69, 9.17) is 4.74 Å². The van der Waals surface area contributed by atoms with Gasteiger partial charge in [0.05, 0.1) is 23.5 Å². The fraction of sp³-hybridized carbons (Fsp3) is 0.333. The maximum absolute atomic E-state index is 14.2. The molecule has 0 aliphatic carbocycles. The van der Waals surface area contributed by atoms with E-state index in [2.05, 4.69) is 28.5 Å². The number of aromatic nitrogens is 4.